The lowest BCUT2D eigenvalue weighted by atomic mass is 10.2. The molecule has 0 spiro atoms. The van der Waals surface area contributed by atoms with Gasteiger partial charge in [-0.2, -0.15) is 0 Å². The second-order valence-corrected chi connectivity index (χ2v) is 4.67. The normalized spacial score (nSPS) is 10.2. The molecule has 0 radical (unpaired) electrons. The Balaban J connectivity index is 2.38. The maximum atomic E-state index is 12.2. The standard InChI is InChI=1S/C13H8Cl3NO/c14-10-7-4-8-11(15)12(10)13(18)17(16)9-5-2-1-3-6-9/h1-8H. The molecule has 0 heterocycles. The van der Waals surface area contributed by atoms with Crippen molar-refractivity contribution < 1.29 is 4.79 Å². The van der Waals surface area contributed by atoms with E-state index < -0.39 is 5.91 Å². The van der Waals surface area contributed by atoms with Crippen LogP contribution in [0.4, 0.5) is 5.69 Å². The number of nitrogens with zero attached hydrogens (tertiary/aromatic N) is 1. The first-order valence-electron chi connectivity index (χ1n) is 5.10. The molecule has 0 saturated heterocycles. The summed E-state index contributed by atoms with van der Waals surface area (Å²) in [6.45, 7) is 0. The number of para-hydroxylation sites is 1. The highest BCUT2D eigenvalue weighted by molar-refractivity contribution is 6.45. The molecule has 1 amide bonds. The number of anilines is 1. The molecule has 2 aromatic rings. The van der Waals surface area contributed by atoms with Gasteiger partial charge in [0.15, 0.2) is 0 Å². The molecule has 0 aliphatic carbocycles. The van der Waals surface area contributed by atoms with Gasteiger partial charge >= 0.3 is 0 Å². The van der Waals surface area contributed by atoms with Crippen LogP contribution in [0.25, 0.3) is 0 Å². The van der Waals surface area contributed by atoms with Crippen molar-refractivity contribution in [3.63, 3.8) is 0 Å². The lowest BCUT2D eigenvalue weighted by molar-refractivity contribution is 0.101. The second-order valence-electron chi connectivity index (χ2n) is 3.52. The molecule has 0 N–H and O–H groups in total. The van der Waals surface area contributed by atoms with E-state index in [1.807, 2.05) is 6.07 Å². The van der Waals surface area contributed by atoms with Gasteiger partial charge in [0.1, 0.15) is 0 Å². The zero-order chi connectivity index (χ0) is 13.1. The van der Waals surface area contributed by atoms with Crippen LogP contribution in [0.5, 0.6) is 0 Å². The molecule has 0 bridgehead atoms. The van der Waals surface area contributed by atoms with E-state index in [0.717, 1.165) is 4.42 Å². The van der Waals surface area contributed by atoms with Crippen molar-refractivity contribution in [1.29, 1.82) is 0 Å². The molecule has 2 nitrogen and oxygen atoms in total. The van der Waals surface area contributed by atoms with Crippen LogP contribution in [0, 0.1) is 0 Å². The zero-order valence-electron chi connectivity index (χ0n) is 9.11. The van der Waals surface area contributed by atoms with Gasteiger partial charge in [-0.15, -0.1) is 0 Å². The van der Waals surface area contributed by atoms with Crippen molar-refractivity contribution >= 4 is 46.6 Å². The van der Waals surface area contributed by atoms with Crippen LogP contribution in [0.3, 0.4) is 0 Å². The van der Waals surface area contributed by atoms with Gasteiger partial charge in [-0.05, 0) is 24.3 Å². The predicted molar refractivity (Wildman–Crippen MR) is 75.6 cm³/mol. The Morgan fingerprint density at radius 3 is 2.00 bits per heavy atom. The van der Waals surface area contributed by atoms with Gasteiger partial charge in [-0.25, -0.2) is 4.42 Å². The van der Waals surface area contributed by atoms with Crippen LogP contribution in [0.2, 0.25) is 10.0 Å². The fourth-order valence-corrected chi connectivity index (χ4v) is 2.23. The van der Waals surface area contributed by atoms with E-state index in [1.165, 1.54) is 0 Å². The van der Waals surface area contributed by atoms with Crippen LogP contribution in [0.15, 0.2) is 48.5 Å². The van der Waals surface area contributed by atoms with Gasteiger partial charge in [0, 0.05) is 11.8 Å². The minimum atomic E-state index is -0.460. The van der Waals surface area contributed by atoms with Crippen molar-refractivity contribution in [2.45, 2.75) is 0 Å². The minimum absolute atomic E-state index is 0.194. The Kier molecular flexibility index (Phi) is 4.12. The first kappa shape index (κ1) is 13.2. The van der Waals surface area contributed by atoms with Gasteiger partial charge in [-0.3, -0.25) is 4.79 Å². The summed E-state index contributed by atoms with van der Waals surface area (Å²) in [6.07, 6.45) is 0. The molecule has 0 saturated carbocycles. The highest BCUT2D eigenvalue weighted by Gasteiger charge is 2.21. The van der Waals surface area contributed by atoms with E-state index in [-0.39, 0.29) is 15.6 Å². The summed E-state index contributed by atoms with van der Waals surface area (Å²) in [7, 11) is 0. The van der Waals surface area contributed by atoms with Crippen molar-refractivity contribution in [3.05, 3.63) is 64.1 Å². The highest BCUT2D eigenvalue weighted by Crippen LogP contribution is 2.28. The number of carbonyl (C=O) groups is 1. The van der Waals surface area contributed by atoms with E-state index in [0.29, 0.717) is 5.69 Å². The lowest BCUT2D eigenvalue weighted by Crippen LogP contribution is -2.21. The molecule has 5 heteroatoms. The summed E-state index contributed by atoms with van der Waals surface area (Å²) in [5.41, 5.74) is 0.750. The number of hydrogen-bond acceptors (Lipinski definition) is 1. The van der Waals surface area contributed by atoms with Gasteiger partial charge in [-0.1, -0.05) is 47.5 Å². The summed E-state index contributed by atoms with van der Waals surface area (Å²) in [5.74, 6) is -0.460. The molecule has 18 heavy (non-hydrogen) atoms. The fourth-order valence-electron chi connectivity index (χ4n) is 1.48. The van der Waals surface area contributed by atoms with E-state index in [1.54, 1.807) is 42.5 Å². The maximum Gasteiger partial charge on any atom is 0.275 e. The smallest absolute Gasteiger partial charge is 0.267 e. The largest absolute Gasteiger partial charge is 0.275 e. The van der Waals surface area contributed by atoms with Crippen molar-refractivity contribution in [2.24, 2.45) is 0 Å². The number of benzene rings is 2. The third kappa shape index (κ3) is 2.61. The molecule has 0 aliphatic rings. The Bertz CT molecular complexity index is 551. The zero-order valence-corrected chi connectivity index (χ0v) is 11.4. The Morgan fingerprint density at radius 2 is 1.44 bits per heavy atom. The SMILES string of the molecule is O=C(c1c(Cl)cccc1Cl)N(Cl)c1ccccc1. The quantitative estimate of drug-likeness (QED) is 0.730. The van der Waals surface area contributed by atoms with Crippen LogP contribution in [-0.2, 0) is 0 Å². The highest BCUT2D eigenvalue weighted by atomic mass is 35.5. The average Bonchev–Trinajstić information content (AvgIpc) is 2.38. The summed E-state index contributed by atoms with van der Waals surface area (Å²) >= 11 is 17.9. The number of hydrogen-bond donors (Lipinski definition) is 0. The average molecular weight is 301 g/mol. The van der Waals surface area contributed by atoms with Gasteiger partial charge < -0.3 is 0 Å². The van der Waals surface area contributed by atoms with Crippen LogP contribution in [0.1, 0.15) is 10.4 Å². The summed E-state index contributed by atoms with van der Waals surface area (Å²) in [5, 5.41) is 0.545. The lowest BCUT2D eigenvalue weighted by Gasteiger charge is -2.15. The third-order valence-corrected chi connectivity index (χ3v) is 3.32. The monoisotopic (exact) mass is 299 g/mol. The molecular formula is C13H8Cl3NO. The van der Waals surface area contributed by atoms with E-state index in [9.17, 15) is 4.79 Å². The summed E-state index contributed by atoms with van der Waals surface area (Å²) < 4.78 is 0.993. The van der Waals surface area contributed by atoms with Crippen LogP contribution >= 0.6 is 35.0 Å². The molecule has 92 valence electrons. The predicted octanol–water partition coefficient (Wildman–Crippen LogP) is 4.79. The molecule has 0 unspecified atom stereocenters. The third-order valence-electron chi connectivity index (χ3n) is 2.34. The maximum absolute atomic E-state index is 12.2. The molecule has 0 atom stereocenters. The van der Waals surface area contributed by atoms with Crippen molar-refractivity contribution in [3.8, 4) is 0 Å². The molecule has 0 fully saturated rings. The second kappa shape index (κ2) is 5.61. The van der Waals surface area contributed by atoms with E-state index in [2.05, 4.69) is 0 Å². The van der Waals surface area contributed by atoms with E-state index in [4.69, 9.17) is 35.0 Å². The number of halogens is 3. The van der Waals surface area contributed by atoms with E-state index >= 15 is 0 Å². The molecular weight excluding hydrogens is 293 g/mol. The van der Waals surface area contributed by atoms with Gasteiger partial charge in [0.2, 0.25) is 0 Å². The Hall–Kier alpha value is -1.22. The molecule has 0 aliphatic heterocycles. The topological polar surface area (TPSA) is 20.3 Å². The number of rotatable bonds is 2. The fraction of sp³-hybridized carbons (Fsp3) is 0. The van der Waals surface area contributed by atoms with Crippen molar-refractivity contribution in [1.82, 2.24) is 0 Å². The van der Waals surface area contributed by atoms with Gasteiger partial charge in [0.25, 0.3) is 5.91 Å². The summed E-state index contributed by atoms with van der Waals surface area (Å²) in [6, 6.07) is 13.7. The Labute approximate surface area is 120 Å². The molecule has 2 aromatic carbocycles. The van der Waals surface area contributed by atoms with Crippen LogP contribution in [-0.4, -0.2) is 5.91 Å². The van der Waals surface area contributed by atoms with Crippen molar-refractivity contribution in [2.75, 3.05) is 4.42 Å². The Morgan fingerprint density at radius 1 is 0.889 bits per heavy atom. The first-order chi connectivity index (χ1) is 8.61. The summed E-state index contributed by atoms with van der Waals surface area (Å²) in [4.78, 5) is 12.2. The minimum Gasteiger partial charge on any atom is -0.267 e. The first-order valence-corrected chi connectivity index (χ1v) is 6.20. The van der Waals surface area contributed by atoms with Gasteiger partial charge in [0.05, 0.1) is 21.3 Å². The van der Waals surface area contributed by atoms with Crippen LogP contribution < -0.4 is 4.42 Å². The number of carbonyl (C=O) groups excluding carboxylic acids is 1. The number of amides is 1. The molecule has 0 aromatic heterocycles. The molecule has 2 rings (SSSR count).